The number of nitrogens with one attached hydrogen (secondary N) is 1. The van der Waals surface area contributed by atoms with E-state index in [1.165, 1.54) is 12.8 Å². The molecule has 5 heteroatoms. The Balaban J connectivity index is 1.90. The average molecular weight is 220 g/mol. The molecule has 1 aromatic rings. The van der Waals surface area contributed by atoms with Gasteiger partial charge >= 0.3 is 0 Å². The molecule has 1 aliphatic carbocycles. The molecular formula is C11H16N4O. The first-order valence-corrected chi connectivity index (χ1v) is 5.44. The van der Waals surface area contributed by atoms with Crippen molar-refractivity contribution in [3.63, 3.8) is 0 Å². The van der Waals surface area contributed by atoms with E-state index >= 15 is 0 Å². The van der Waals surface area contributed by atoms with Gasteiger partial charge in [-0.2, -0.15) is 0 Å². The lowest BCUT2D eigenvalue weighted by atomic mass is 10.3. The topological polar surface area (TPSA) is 58.1 Å². The fraction of sp³-hybridized carbons (Fsp3) is 0.545. The summed E-state index contributed by atoms with van der Waals surface area (Å²) in [5, 5.41) is 2.80. The van der Waals surface area contributed by atoms with Gasteiger partial charge in [-0.1, -0.05) is 0 Å². The maximum Gasteiger partial charge on any atom is 0.224 e. The molecule has 0 saturated heterocycles. The number of hydrogen-bond acceptors (Lipinski definition) is 4. The summed E-state index contributed by atoms with van der Waals surface area (Å²) < 4.78 is 0. The van der Waals surface area contributed by atoms with Crippen LogP contribution in [0.2, 0.25) is 0 Å². The van der Waals surface area contributed by atoms with Gasteiger partial charge in [0, 0.05) is 20.5 Å². The molecule has 1 aromatic heterocycles. The summed E-state index contributed by atoms with van der Waals surface area (Å²) in [7, 11) is 3.75. The zero-order chi connectivity index (χ0) is 11.5. The molecule has 0 unspecified atom stereocenters. The van der Waals surface area contributed by atoms with Gasteiger partial charge in [-0.05, 0) is 18.8 Å². The number of amides is 1. The van der Waals surface area contributed by atoms with Gasteiger partial charge in [-0.25, -0.2) is 9.97 Å². The Morgan fingerprint density at radius 1 is 1.44 bits per heavy atom. The van der Waals surface area contributed by atoms with Crippen molar-refractivity contribution in [2.45, 2.75) is 19.3 Å². The smallest absolute Gasteiger partial charge is 0.224 e. The molecule has 0 spiro atoms. The Hall–Kier alpha value is -1.65. The van der Waals surface area contributed by atoms with Crippen molar-refractivity contribution >= 4 is 17.5 Å². The van der Waals surface area contributed by atoms with Crippen molar-refractivity contribution in [1.29, 1.82) is 0 Å². The average Bonchev–Trinajstić information content (AvgIpc) is 3.02. The first-order valence-electron chi connectivity index (χ1n) is 5.44. The van der Waals surface area contributed by atoms with E-state index in [0.29, 0.717) is 24.0 Å². The molecule has 1 N–H and O–H groups in total. The fourth-order valence-corrected chi connectivity index (χ4v) is 1.41. The predicted molar refractivity (Wildman–Crippen MR) is 62.3 cm³/mol. The van der Waals surface area contributed by atoms with Gasteiger partial charge in [0.15, 0.2) is 0 Å². The van der Waals surface area contributed by atoms with Crippen LogP contribution in [0.5, 0.6) is 0 Å². The summed E-state index contributed by atoms with van der Waals surface area (Å²) in [6.07, 6.45) is 6.25. The van der Waals surface area contributed by atoms with Gasteiger partial charge in [-0.3, -0.25) is 4.79 Å². The van der Waals surface area contributed by atoms with Crippen LogP contribution in [0.4, 0.5) is 11.6 Å². The van der Waals surface area contributed by atoms with E-state index in [2.05, 4.69) is 15.3 Å². The van der Waals surface area contributed by atoms with E-state index < -0.39 is 0 Å². The molecule has 1 fully saturated rings. The van der Waals surface area contributed by atoms with Crippen LogP contribution >= 0.6 is 0 Å². The van der Waals surface area contributed by atoms with Crippen molar-refractivity contribution in [2.24, 2.45) is 5.92 Å². The second-order valence-electron chi connectivity index (χ2n) is 4.36. The number of anilines is 2. The molecule has 0 bridgehead atoms. The standard InChI is InChI=1S/C11H16N4O/c1-15(2)11-12-6-9(7-13-11)14-10(16)5-8-3-4-8/h6-8H,3-5H2,1-2H3,(H,14,16). The van der Waals surface area contributed by atoms with Crippen molar-refractivity contribution in [2.75, 3.05) is 24.3 Å². The summed E-state index contributed by atoms with van der Waals surface area (Å²) in [6, 6.07) is 0. The molecule has 0 atom stereocenters. The van der Waals surface area contributed by atoms with Crippen LogP contribution in [0.15, 0.2) is 12.4 Å². The quantitative estimate of drug-likeness (QED) is 0.830. The second kappa shape index (κ2) is 4.47. The molecule has 16 heavy (non-hydrogen) atoms. The van der Waals surface area contributed by atoms with Gasteiger partial charge in [0.05, 0.1) is 18.1 Å². The highest BCUT2D eigenvalue weighted by Gasteiger charge is 2.24. The molecule has 1 saturated carbocycles. The molecule has 86 valence electrons. The zero-order valence-electron chi connectivity index (χ0n) is 9.60. The third kappa shape index (κ3) is 2.92. The normalized spacial score (nSPS) is 14.6. The molecule has 1 amide bonds. The van der Waals surface area contributed by atoms with Gasteiger partial charge in [0.2, 0.25) is 11.9 Å². The highest BCUT2D eigenvalue weighted by molar-refractivity contribution is 5.90. The number of hydrogen-bond donors (Lipinski definition) is 1. The molecule has 2 rings (SSSR count). The third-order valence-electron chi connectivity index (χ3n) is 2.49. The Labute approximate surface area is 94.9 Å². The minimum atomic E-state index is 0.0590. The Morgan fingerprint density at radius 2 is 2.06 bits per heavy atom. The van der Waals surface area contributed by atoms with E-state index in [-0.39, 0.29) is 5.91 Å². The van der Waals surface area contributed by atoms with Crippen LogP contribution in [0, 0.1) is 5.92 Å². The number of carbonyl (C=O) groups is 1. The summed E-state index contributed by atoms with van der Waals surface area (Å²) in [5.74, 6) is 1.30. The minimum Gasteiger partial charge on any atom is -0.347 e. The van der Waals surface area contributed by atoms with Crippen molar-refractivity contribution in [3.05, 3.63) is 12.4 Å². The van der Waals surface area contributed by atoms with Crippen molar-refractivity contribution in [1.82, 2.24) is 9.97 Å². The van der Waals surface area contributed by atoms with Crippen LogP contribution < -0.4 is 10.2 Å². The summed E-state index contributed by atoms with van der Waals surface area (Å²) in [5.41, 5.74) is 0.663. The highest BCUT2D eigenvalue weighted by atomic mass is 16.1. The van der Waals surface area contributed by atoms with E-state index in [4.69, 9.17) is 0 Å². The minimum absolute atomic E-state index is 0.0590. The predicted octanol–water partition coefficient (Wildman–Crippen LogP) is 1.28. The van der Waals surface area contributed by atoms with Crippen LogP contribution in [-0.2, 0) is 4.79 Å². The number of rotatable bonds is 4. The molecule has 0 aliphatic heterocycles. The van der Waals surface area contributed by atoms with Crippen LogP contribution in [0.1, 0.15) is 19.3 Å². The van der Waals surface area contributed by atoms with Crippen molar-refractivity contribution in [3.8, 4) is 0 Å². The molecule has 0 radical (unpaired) electrons. The molecule has 1 heterocycles. The van der Waals surface area contributed by atoms with E-state index in [1.54, 1.807) is 12.4 Å². The van der Waals surface area contributed by atoms with Gasteiger partial charge in [0.1, 0.15) is 0 Å². The largest absolute Gasteiger partial charge is 0.347 e. The van der Waals surface area contributed by atoms with Gasteiger partial charge < -0.3 is 10.2 Å². The zero-order valence-corrected chi connectivity index (χ0v) is 9.60. The molecule has 1 aliphatic rings. The van der Waals surface area contributed by atoms with Gasteiger partial charge in [0.25, 0.3) is 0 Å². The lowest BCUT2D eigenvalue weighted by molar-refractivity contribution is -0.116. The Bertz CT molecular complexity index is 370. The van der Waals surface area contributed by atoms with E-state index in [0.717, 1.165) is 0 Å². The maximum absolute atomic E-state index is 11.5. The Kier molecular flexibility index (Phi) is 3.03. The maximum atomic E-state index is 11.5. The first kappa shape index (κ1) is 10.9. The lowest BCUT2D eigenvalue weighted by Gasteiger charge is -2.10. The third-order valence-corrected chi connectivity index (χ3v) is 2.49. The summed E-state index contributed by atoms with van der Waals surface area (Å²) >= 11 is 0. The lowest BCUT2D eigenvalue weighted by Crippen LogP contribution is -2.15. The van der Waals surface area contributed by atoms with Crippen LogP contribution in [-0.4, -0.2) is 30.0 Å². The summed E-state index contributed by atoms with van der Waals surface area (Å²) in [4.78, 5) is 21.6. The molecule has 0 aromatic carbocycles. The van der Waals surface area contributed by atoms with Gasteiger partial charge in [-0.15, -0.1) is 0 Å². The van der Waals surface area contributed by atoms with Crippen molar-refractivity contribution < 1.29 is 4.79 Å². The highest BCUT2D eigenvalue weighted by Crippen LogP contribution is 2.32. The SMILES string of the molecule is CN(C)c1ncc(NC(=O)CC2CC2)cn1. The molecule has 5 nitrogen and oxygen atoms in total. The number of nitrogens with zero attached hydrogens (tertiary/aromatic N) is 3. The second-order valence-corrected chi connectivity index (χ2v) is 4.36. The number of aromatic nitrogens is 2. The molecular weight excluding hydrogens is 204 g/mol. The van der Waals surface area contributed by atoms with Crippen LogP contribution in [0.3, 0.4) is 0 Å². The van der Waals surface area contributed by atoms with Crippen LogP contribution in [0.25, 0.3) is 0 Å². The fourth-order valence-electron chi connectivity index (χ4n) is 1.41. The van der Waals surface area contributed by atoms with E-state index in [9.17, 15) is 4.79 Å². The number of carbonyl (C=O) groups excluding carboxylic acids is 1. The first-order chi connectivity index (χ1) is 7.65. The monoisotopic (exact) mass is 220 g/mol. The summed E-state index contributed by atoms with van der Waals surface area (Å²) in [6.45, 7) is 0. The van der Waals surface area contributed by atoms with E-state index in [1.807, 2.05) is 19.0 Å². The Morgan fingerprint density at radius 3 is 2.56 bits per heavy atom.